The smallest absolute Gasteiger partial charge is 0.265 e. The van der Waals surface area contributed by atoms with E-state index in [2.05, 4.69) is 4.72 Å². The van der Waals surface area contributed by atoms with Crippen LogP contribution < -0.4 is 18.9 Å². The molecule has 2 aromatic rings. The van der Waals surface area contributed by atoms with E-state index in [1.54, 1.807) is 12.1 Å². The third-order valence-electron chi connectivity index (χ3n) is 3.62. The maximum absolute atomic E-state index is 12.5. The van der Waals surface area contributed by atoms with E-state index in [0.717, 1.165) is 6.42 Å². The van der Waals surface area contributed by atoms with E-state index in [1.165, 1.54) is 30.3 Å². The topological polar surface area (TPSA) is 90.9 Å². The van der Waals surface area contributed by atoms with Crippen LogP contribution in [0.15, 0.2) is 47.4 Å². The minimum absolute atomic E-state index is 0.0755. The fourth-order valence-corrected chi connectivity index (χ4v) is 3.37. The van der Waals surface area contributed by atoms with Crippen LogP contribution in [0.25, 0.3) is 0 Å². The molecule has 2 aromatic carbocycles. The lowest BCUT2D eigenvalue weighted by atomic mass is 10.2. The van der Waals surface area contributed by atoms with E-state index in [1.807, 2.05) is 6.92 Å². The van der Waals surface area contributed by atoms with Gasteiger partial charge in [-0.2, -0.15) is 0 Å². The first kappa shape index (κ1) is 18.1. The van der Waals surface area contributed by atoms with Gasteiger partial charge in [0.05, 0.1) is 11.5 Å². The van der Waals surface area contributed by atoms with Crippen molar-refractivity contribution in [2.45, 2.75) is 18.2 Å². The molecule has 0 radical (unpaired) electrons. The molecule has 0 unspecified atom stereocenters. The van der Waals surface area contributed by atoms with Crippen molar-refractivity contribution < 1.29 is 27.4 Å². The first-order chi connectivity index (χ1) is 12.5. The number of rotatable bonds is 6. The highest BCUT2D eigenvalue weighted by Crippen LogP contribution is 2.32. The maximum atomic E-state index is 12.5. The molecular weight excluding hydrogens is 358 g/mol. The molecule has 1 N–H and O–H groups in total. The highest BCUT2D eigenvalue weighted by atomic mass is 32.2. The van der Waals surface area contributed by atoms with Crippen LogP contribution >= 0.6 is 0 Å². The minimum Gasteiger partial charge on any atom is -0.494 e. The van der Waals surface area contributed by atoms with Crippen molar-refractivity contribution in [3.8, 4) is 17.2 Å². The maximum Gasteiger partial charge on any atom is 0.265 e. The van der Waals surface area contributed by atoms with E-state index in [0.29, 0.717) is 37.1 Å². The molecule has 3 rings (SSSR count). The number of nitrogens with one attached hydrogen (secondary N) is 1. The molecule has 0 bridgehead atoms. The molecule has 0 atom stereocenters. The van der Waals surface area contributed by atoms with Crippen molar-refractivity contribution in [2.75, 3.05) is 19.8 Å². The Balaban J connectivity index is 1.78. The summed E-state index contributed by atoms with van der Waals surface area (Å²) in [4.78, 5) is 12.3. The summed E-state index contributed by atoms with van der Waals surface area (Å²) >= 11 is 0. The van der Waals surface area contributed by atoms with Crippen LogP contribution in [0.1, 0.15) is 23.7 Å². The van der Waals surface area contributed by atoms with Gasteiger partial charge in [-0.15, -0.1) is 0 Å². The first-order valence-electron chi connectivity index (χ1n) is 8.19. The quantitative estimate of drug-likeness (QED) is 0.831. The van der Waals surface area contributed by atoms with E-state index in [-0.39, 0.29) is 10.5 Å². The second-order valence-electron chi connectivity index (χ2n) is 5.62. The van der Waals surface area contributed by atoms with Gasteiger partial charge >= 0.3 is 0 Å². The number of hydrogen-bond donors (Lipinski definition) is 1. The van der Waals surface area contributed by atoms with Crippen LogP contribution in [0.5, 0.6) is 17.2 Å². The second-order valence-corrected chi connectivity index (χ2v) is 7.30. The zero-order valence-corrected chi connectivity index (χ0v) is 15.0. The summed E-state index contributed by atoms with van der Waals surface area (Å²) in [5.74, 6) is 0.585. The van der Waals surface area contributed by atoms with Gasteiger partial charge in [-0.05, 0) is 36.8 Å². The van der Waals surface area contributed by atoms with Crippen LogP contribution in [0.3, 0.4) is 0 Å². The van der Waals surface area contributed by atoms with Crippen molar-refractivity contribution in [2.24, 2.45) is 0 Å². The van der Waals surface area contributed by atoms with Gasteiger partial charge in [0.15, 0.2) is 11.5 Å². The Hall–Kier alpha value is -2.74. The molecule has 0 saturated carbocycles. The molecule has 1 amide bonds. The highest BCUT2D eigenvalue weighted by molar-refractivity contribution is 7.90. The monoisotopic (exact) mass is 377 g/mol. The van der Waals surface area contributed by atoms with Crippen LogP contribution in [0, 0.1) is 0 Å². The summed E-state index contributed by atoms with van der Waals surface area (Å²) in [7, 11) is -4.05. The van der Waals surface area contributed by atoms with Gasteiger partial charge < -0.3 is 14.2 Å². The van der Waals surface area contributed by atoms with Crippen molar-refractivity contribution >= 4 is 15.9 Å². The van der Waals surface area contributed by atoms with Crippen molar-refractivity contribution in [1.82, 2.24) is 4.72 Å². The molecule has 0 spiro atoms. The van der Waals surface area contributed by atoms with Gasteiger partial charge in [-0.25, -0.2) is 13.1 Å². The summed E-state index contributed by atoms with van der Waals surface area (Å²) in [6.07, 6.45) is 0.828. The predicted octanol–water partition coefficient (Wildman–Crippen LogP) is 2.37. The molecular formula is C18H19NO6S. The van der Waals surface area contributed by atoms with Gasteiger partial charge in [-0.3, -0.25) is 4.79 Å². The lowest BCUT2D eigenvalue weighted by Crippen LogP contribution is -2.30. The summed E-state index contributed by atoms with van der Waals surface area (Å²) in [6.45, 7) is 3.23. The Morgan fingerprint density at radius 3 is 2.65 bits per heavy atom. The minimum atomic E-state index is -4.05. The lowest BCUT2D eigenvalue weighted by molar-refractivity contribution is 0.0981. The first-order valence-corrected chi connectivity index (χ1v) is 9.67. The average molecular weight is 377 g/mol. The number of fused-ring (bicyclic) bond motifs is 1. The number of carbonyl (C=O) groups excluding carboxylic acids is 1. The van der Waals surface area contributed by atoms with Gasteiger partial charge in [0.2, 0.25) is 0 Å². The highest BCUT2D eigenvalue weighted by Gasteiger charge is 2.22. The van der Waals surface area contributed by atoms with Crippen molar-refractivity contribution in [1.29, 1.82) is 0 Å². The summed E-state index contributed by atoms with van der Waals surface area (Å²) in [5, 5.41) is 0. The molecule has 0 aromatic heterocycles. The van der Waals surface area contributed by atoms with Crippen LogP contribution in [0.4, 0.5) is 0 Å². The van der Waals surface area contributed by atoms with Crippen LogP contribution in [-0.2, 0) is 10.0 Å². The molecule has 0 fully saturated rings. The van der Waals surface area contributed by atoms with Crippen molar-refractivity contribution in [3.63, 3.8) is 0 Å². The molecule has 1 heterocycles. The number of carbonyl (C=O) groups is 1. The molecule has 0 aliphatic carbocycles. The van der Waals surface area contributed by atoms with E-state index < -0.39 is 15.9 Å². The number of benzene rings is 2. The molecule has 26 heavy (non-hydrogen) atoms. The molecule has 1 aliphatic heterocycles. The fraction of sp³-hybridized carbons (Fsp3) is 0.278. The van der Waals surface area contributed by atoms with Gasteiger partial charge in [0, 0.05) is 11.6 Å². The number of ether oxygens (including phenoxy) is 3. The van der Waals surface area contributed by atoms with Crippen molar-refractivity contribution in [3.05, 3.63) is 48.0 Å². The average Bonchev–Trinajstić information content (AvgIpc) is 2.66. The van der Waals surface area contributed by atoms with E-state index in [4.69, 9.17) is 14.2 Å². The third-order valence-corrected chi connectivity index (χ3v) is 4.95. The van der Waals surface area contributed by atoms with Gasteiger partial charge in [0.1, 0.15) is 19.0 Å². The van der Waals surface area contributed by atoms with Crippen LogP contribution in [0.2, 0.25) is 0 Å². The summed E-state index contributed by atoms with van der Waals surface area (Å²) in [5.41, 5.74) is 0.194. The molecule has 1 aliphatic rings. The summed E-state index contributed by atoms with van der Waals surface area (Å²) in [6, 6.07) is 10.6. The molecule has 0 saturated heterocycles. The molecule has 7 nitrogen and oxygen atoms in total. The Morgan fingerprint density at radius 1 is 1.12 bits per heavy atom. The fourth-order valence-electron chi connectivity index (χ4n) is 2.38. The zero-order chi connectivity index (χ0) is 18.6. The Kier molecular flexibility index (Phi) is 5.32. The number of hydrogen-bond acceptors (Lipinski definition) is 6. The Bertz CT molecular complexity index is 910. The lowest BCUT2D eigenvalue weighted by Gasteiger charge is -2.18. The molecule has 138 valence electrons. The normalized spacial score (nSPS) is 13.1. The number of sulfonamides is 1. The molecule has 8 heteroatoms. The number of amides is 1. The summed E-state index contributed by atoms with van der Waals surface area (Å²) < 4.78 is 43.3. The largest absolute Gasteiger partial charge is 0.494 e. The van der Waals surface area contributed by atoms with Crippen LogP contribution in [-0.4, -0.2) is 34.1 Å². The SMILES string of the molecule is CCCOc1cccc(C(=O)NS(=O)(=O)c2ccc3c(c2)OCCO3)c1. The van der Waals surface area contributed by atoms with Gasteiger partial charge in [-0.1, -0.05) is 13.0 Å². The van der Waals surface area contributed by atoms with E-state index >= 15 is 0 Å². The predicted molar refractivity (Wildman–Crippen MR) is 94.3 cm³/mol. The standard InChI is InChI=1S/C18H19NO6S/c1-2-8-23-14-5-3-4-13(11-14)18(20)19-26(21,22)15-6-7-16-17(12-15)25-10-9-24-16/h3-7,11-12H,2,8-10H2,1H3,(H,19,20). The zero-order valence-electron chi connectivity index (χ0n) is 14.2. The van der Waals surface area contributed by atoms with E-state index in [9.17, 15) is 13.2 Å². The third kappa shape index (κ3) is 4.08. The second kappa shape index (κ2) is 7.65. The van der Waals surface area contributed by atoms with Gasteiger partial charge in [0.25, 0.3) is 15.9 Å². The Morgan fingerprint density at radius 2 is 1.88 bits per heavy atom. The Labute approximate surface area is 151 Å².